The molecule has 1 aliphatic rings. The van der Waals surface area contributed by atoms with Crippen molar-refractivity contribution in [3.8, 4) is 0 Å². The second-order valence-corrected chi connectivity index (χ2v) is 8.03. The molecule has 28 heavy (non-hydrogen) atoms. The van der Waals surface area contributed by atoms with E-state index in [1.807, 2.05) is 19.2 Å². The normalized spacial score (nSPS) is 19.2. The summed E-state index contributed by atoms with van der Waals surface area (Å²) in [6.07, 6.45) is 13.8. The number of rotatable bonds is 13. The summed E-state index contributed by atoms with van der Waals surface area (Å²) in [4.78, 5) is 15.3. The molecule has 1 rings (SSSR count). The third-order valence-electron chi connectivity index (χ3n) is 6.36. The van der Waals surface area contributed by atoms with Crippen LogP contribution in [0.4, 0.5) is 0 Å². The van der Waals surface area contributed by atoms with E-state index < -0.39 is 0 Å². The number of carbonyl (C=O) groups is 1. The van der Waals surface area contributed by atoms with Crippen LogP contribution in [0.25, 0.3) is 0 Å². The quantitative estimate of drug-likeness (QED) is 0.251. The van der Waals surface area contributed by atoms with Gasteiger partial charge in [0.15, 0.2) is 0 Å². The molecule has 0 aromatic rings. The predicted molar refractivity (Wildman–Crippen MR) is 119 cm³/mol. The maximum absolute atomic E-state index is 10.8. The van der Waals surface area contributed by atoms with Crippen molar-refractivity contribution < 1.29 is 9.53 Å². The van der Waals surface area contributed by atoms with Gasteiger partial charge in [0.2, 0.25) is 6.41 Å². The summed E-state index contributed by atoms with van der Waals surface area (Å²) in [6, 6.07) is 0.652. The molecule has 160 valence electrons. The lowest BCUT2D eigenvalue weighted by molar-refractivity contribution is -0.117. The SMILES string of the molecule is C=C/C=C\C(OC)=C(/C)C1CCN(C(CC)C(CC)CCCN(C)C=O)CC1. The number of nitrogens with zero attached hydrogens (tertiary/aromatic N) is 2. The van der Waals surface area contributed by atoms with Gasteiger partial charge in [-0.2, -0.15) is 0 Å². The minimum Gasteiger partial charge on any atom is -0.497 e. The van der Waals surface area contributed by atoms with Gasteiger partial charge in [0, 0.05) is 19.6 Å². The van der Waals surface area contributed by atoms with Crippen LogP contribution in [0, 0.1) is 11.8 Å². The van der Waals surface area contributed by atoms with Crippen molar-refractivity contribution in [1.82, 2.24) is 9.80 Å². The molecular formula is C24H42N2O2. The molecule has 4 nitrogen and oxygen atoms in total. The summed E-state index contributed by atoms with van der Waals surface area (Å²) in [5.74, 6) is 2.29. The third-order valence-corrected chi connectivity index (χ3v) is 6.36. The van der Waals surface area contributed by atoms with E-state index in [1.165, 1.54) is 37.7 Å². The second kappa shape index (κ2) is 13.6. The molecule has 4 heteroatoms. The summed E-state index contributed by atoms with van der Waals surface area (Å²) >= 11 is 0. The number of carbonyl (C=O) groups excluding carboxylic acids is 1. The van der Waals surface area contributed by atoms with Gasteiger partial charge in [-0.25, -0.2) is 0 Å². The van der Waals surface area contributed by atoms with Crippen LogP contribution in [0.5, 0.6) is 0 Å². The Morgan fingerprint density at radius 2 is 1.96 bits per heavy atom. The average Bonchev–Trinajstić information content (AvgIpc) is 2.73. The maximum atomic E-state index is 10.8. The van der Waals surface area contributed by atoms with Gasteiger partial charge < -0.3 is 14.5 Å². The predicted octanol–water partition coefficient (Wildman–Crippen LogP) is 5.03. The molecule has 2 unspecified atom stereocenters. The van der Waals surface area contributed by atoms with Crippen LogP contribution in [0.1, 0.15) is 59.3 Å². The summed E-state index contributed by atoms with van der Waals surface area (Å²) in [7, 11) is 3.62. The molecule has 0 radical (unpaired) electrons. The molecule has 1 saturated heterocycles. The number of methoxy groups -OCH3 is 1. The molecule has 1 aliphatic heterocycles. The zero-order valence-electron chi connectivity index (χ0n) is 18.8. The van der Waals surface area contributed by atoms with Crippen LogP contribution in [-0.2, 0) is 9.53 Å². The van der Waals surface area contributed by atoms with Crippen molar-refractivity contribution >= 4 is 6.41 Å². The third kappa shape index (κ3) is 7.46. The Bertz CT molecular complexity index is 519. The van der Waals surface area contributed by atoms with Gasteiger partial charge in [0.1, 0.15) is 5.76 Å². The van der Waals surface area contributed by atoms with E-state index in [0.29, 0.717) is 17.9 Å². The van der Waals surface area contributed by atoms with E-state index in [0.717, 1.165) is 38.2 Å². The Morgan fingerprint density at radius 3 is 2.46 bits per heavy atom. The van der Waals surface area contributed by atoms with Crippen LogP contribution in [0.3, 0.4) is 0 Å². The van der Waals surface area contributed by atoms with Crippen LogP contribution in [0.15, 0.2) is 36.1 Å². The van der Waals surface area contributed by atoms with E-state index in [9.17, 15) is 4.79 Å². The number of amides is 1. The van der Waals surface area contributed by atoms with Crippen molar-refractivity contribution in [2.24, 2.45) is 11.8 Å². The van der Waals surface area contributed by atoms with E-state index in [2.05, 4.69) is 32.3 Å². The van der Waals surface area contributed by atoms with Gasteiger partial charge in [-0.3, -0.25) is 4.79 Å². The molecule has 0 N–H and O–H groups in total. The molecular weight excluding hydrogens is 348 g/mol. The van der Waals surface area contributed by atoms with E-state index >= 15 is 0 Å². The van der Waals surface area contributed by atoms with Crippen molar-refractivity contribution in [3.05, 3.63) is 36.1 Å². The van der Waals surface area contributed by atoms with Gasteiger partial charge in [-0.05, 0) is 75.6 Å². The first kappa shape index (κ1) is 24.5. The Morgan fingerprint density at radius 1 is 1.29 bits per heavy atom. The standard InChI is InChI=1S/C24H42N2O2/c1-7-10-13-24(28-6)20(4)22-14-17-26(18-15-22)23(9-3)21(8-2)12-11-16-25(5)19-27/h7,10,13,19,21-23H,1,8-9,11-12,14-18H2,2-6H3/b13-10-,24-20-. The highest BCUT2D eigenvalue weighted by molar-refractivity contribution is 5.46. The van der Waals surface area contributed by atoms with Crippen LogP contribution >= 0.6 is 0 Å². The van der Waals surface area contributed by atoms with E-state index in [1.54, 1.807) is 18.1 Å². The van der Waals surface area contributed by atoms with E-state index in [-0.39, 0.29) is 0 Å². The van der Waals surface area contributed by atoms with Gasteiger partial charge in [0.25, 0.3) is 0 Å². The van der Waals surface area contributed by atoms with Crippen molar-refractivity contribution in [1.29, 1.82) is 0 Å². The monoisotopic (exact) mass is 390 g/mol. The highest BCUT2D eigenvalue weighted by Crippen LogP contribution is 2.31. The molecule has 0 aromatic carbocycles. The number of ether oxygens (including phenoxy) is 1. The molecule has 1 heterocycles. The average molecular weight is 391 g/mol. The van der Waals surface area contributed by atoms with Gasteiger partial charge >= 0.3 is 0 Å². The molecule has 0 aliphatic carbocycles. The lowest BCUT2D eigenvalue weighted by atomic mass is 9.84. The lowest BCUT2D eigenvalue weighted by Gasteiger charge is -2.41. The molecule has 1 amide bonds. The molecule has 0 aromatic heterocycles. The zero-order valence-corrected chi connectivity index (χ0v) is 18.8. The summed E-state index contributed by atoms with van der Waals surface area (Å²) in [5, 5.41) is 0. The van der Waals surface area contributed by atoms with Gasteiger partial charge in [-0.15, -0.1) is 0 Å². The first-order chi connectivity index (χ1) is 13.5. The number of piperidine rings is 1. The number of hydrogen-bond acceptors (Lipinski definition) is 3. The topological polar surface area (TPSA) is 32.8 Å². The minimum atomic E-state index is 0.597. The van der Waals surface area contributed by atoms with Crippen LogP contribution in [-0.4, -0.2) is 56.0 Å². The Labute approximate surface area is 173 Å². The smallest absolute Gasteiger partial charge is 0.209 e. The fourth-order valence-corrected chi connectivity index (χ4v) is 4.60. The Hall–Kier alpha value is -1.55. The molecule has 2 atom stereocenters. The second-order valence-electron chi connectivity index (χ2n) is 8.03. The Kier molecular flexibility index (Phi) is 11.9. The number of likely N-dealkylation sites (tertiary alicyclic amines) is 1. The molecule has 1 fully saturated rings. The highest BCUT2D eigenvalue weighted by Gasteiger charge is 2.29. The summed E-state index contributed by atoms with van der Waals surface area (Å²) in [6.45, 7) is 13.8. The number of allylic oxidation sites excluding steroid dienone is 4. The fraction of sp³-hybridized carbons (Fsp3) is 0.708. The highest BCUT2D eigenvalue weighted by atomic mass is 16.5. The molecule has 0 saturated carbocycles. The van der Waals surface area contributed by atoms with Crippen molar-refractivity contribution in [3.63, 3.8) is 0 Å². The largest absolute Gasteiger partial charge is 0.497 e. The minimum absolute atomic E-state index is 0.597. The zero-order chi connectivity index (χ0) is 20.9. The summed E-state index contributed by atoms with van der Waals surface area (Å²) in [5.41, 5.74) is 1.36. The lowest BCUT2D eigenvalue weighted by Crippen LogP contribution is -2.45. The van der Waals surface area contributed by atoms with Gasteiger partial charge in [-0.1, -0.05) is 39.0 Å². The van der Waals surface area contributed by atoms with Crippen LogP contribution in [0.2, 0.25) is 0 Å². The number of hydrogen-bond donors (Lipinski definition) is 0. The Balaban J connectivity index is 2.67. The fourth-order valence-electron chi connectivity index (χ4n) is 4.60. The first-order valence-electron chi connectivity index (χ1n) is 11.0. The first-order valence-corrected chi connectivity index (χ1v) is 11.0. The summed E-state index contributed by atoms with van der Waals surface area (Å²) < 4.78 is 5.59. The van der Waals surface area contributed by atoms with Crippen molar-refractivity contribution in [2.45, 2.75) is 65.3 Å². The maximum Gasteiger partial charge on any atom is 0.209 e. The molecule has 0 bridgehead atoms. The van der Waals surface area contributed by atoms with Gasteiger partial charge in [0.05, 0.1) is 7.11 Å². The van der Waals surface area contributed by atoms with Crippen LogP contribution < -0.4 is 0 Å². The van der Waals surface area contributed by atoms with Crippen molar-refractivity contribution in [2.75, 3.05) is 33.8 Å². The molecule has 0 spiro atoms. The van der Waals surface area contributed by atoms with E-state index in [4.69, 9.17) is 4.74 Å².